The number of carbonyl (C=O) groups excluding carboxylic acids is 1. The minimum atomic E-state index is -0.120. The van der Waals surface area contributed by atoms with E-state index in [9.17, 15) is 9.90 Å². The first-order valence-electron chi connectivity index (χ1n) is 7.37. The second-order valence-electron chi connectivity index (χ2n) is 5.51. The second-order valence-corrected chi connectivity index (χ2v) is 5.51. The van der Waals surface area contributed by atoms with E-state index >= 15 is 0 Å². The van der Waals surface area contributed by atoms with Gasteiger partial charge in [0.1, 0.15) is 5.75 Å². The number of anilines is 1. The quantitative estimate of drug-likeness (QED) is 0.866. The van der Waals surface area contributed by atoms with E-state index in [2.05, 4.69) is 6.07 Å². The predicted octanol–water partition coefficient (Wildman–Crippen LogP) is 3.68. The van der Waals surface area contributed by atoms with Gasteiger partial charge in [-0.2, -0.15) is 0 Å². The van der Waals surface area contributed by atoms with Crippen LogP contribution in [0.25, 0.3) is 0 Å². The van der Waals surface area contributed by atoms with E-state index in [0.717, 1.165) is 30.5 Å². The molecule has 0 saturated heterocycles. The molecule has 3 rings (SSSR count). The van der Waals surface area contributed by atoms with Gasteiger partial charge in [0.25, 0.3) is 5.91 Å². The van der Waals surface area contributed by atoms with Gasteiger partial charge >= 0.3 is 0 Å². The Balaban J connectivity index is 2.03. The first-order chi connectivity index (χ1) is 10.2. The van der Waals surface area contributed by atoms with Crippen molar-refractivity contribution in [3.63, 3.8) is 0 Å². The van der Waals surface area contributed by atoms with Gasteiger partial charge in [0, 0.05) is 12.2 Å². The molecule has 3 nitrogen and oxygen atoms in total. The lowest BCUT2D eigenvalue weighted by Crippen LogP contribution is -2.31. The van der Waals surface area contributed by atoms with Gasteiger partial charge in [-0.15, -0.1) is 0 Å². The van der Waals surface area contributed by atoms with Crippen LogP contribution >= 0.6 is 0 Å². The highest BCUT2D eigenvalue weighted by molar-refractivity contribution is 6.08. The molecule has 0 aliphatic carbocycles. The van der Waals surface area contributed by atoms with Gasteiger partial charge in [0.2, 0.25) is 0 Å². The van der Waals surface area contributed by atoms with Crippen molar-refractivity contribution in [1.29, 1.82) is 0 Å². The number of aromatic hydroxyl groups is 1. The van der Waals surface area contributed by atoms with Crippen LogP contribution in [0.2, 0.25) is 0 Å². The molecule has 2 aromatic carbocycles. The molecule has 1 heterocycles. The molecule has 2 aromatic rings. The highest BCUT2D eigenvalue weighted by Gasteiger charge is 2.24. The number of nitrogens with zero attached hydrogens (tertiary/aromatic N) is 1. The Morgan fingerprint density at radius 2 is 1.90 bits per heavy atom. The second kappa shape index (κ2) is 5.60. The van der Waals surface area contributed by atoms with E-state index in [0.29, 0.717) is 12.1 Å². The SMILES string of the molecule is Cc1cccc(C(=O)N2CCCCc3ccccc32)c1O. The van der Waals surface area contributed by atoms with E-state index in [4.69, 9.17) is 0 Å². The Morgan fingerprint density at radius 1 is 1.10 bits per heavy atom. The van der Waals surface area contributed by atoms with Crippen LogP contribution in [0.3, 0.4) is 0 Å². The fourth-order valence-corrected chi connectivity index (χ4v) is 2.88. The summed E-state index contributed by atoms with van der Waals surface area (Å²) >= 11 is 0. The minimum Gasteiger partial charge on any atom is -0.507 e. The summed E-state index contributed by atoms with van der Waals surface area (Å²) in [6.45, 7) is 2.51. The lowest BCUT2D eigenvalue weighted by molar-refractivity contribution is 0.0984. The summed E-state index contributed by atoms with van der Waals surface area (Å²) in [5.41, 5.74) is 3.28. The first-order valence-corrected chi connectivity index (χ1v) is 7.37. The first kappa shape index (κ1) is 13.7. The number of aryl methyl sites for hydroxylation is 2. The largest absolute Gasteiger partial charge is 0.507 e. The smallest absolute Gasteiger partial charge is 0.262 e. The molecular formula is C18H19NO2. The maximum absolute atomic E-state index is 12.9. The molecule has 0 spiro atoms. The zero-order chi connectivity index (χ0) is 14.8. The number of hydrogen-bond donors (Lipinski definition) is 1. The molecule has 0 bridgehead atoms. The van der Waals surface area contributed by atoms with Crippen LogP contribution in [-0.2, 0) is 6.42 Å². The maximum Gasteiger partial charge on any atom is 0.262 e. The van der Waals surface area contributed by atoms with Crippen molar-refractivity contribution >= 4 is 11.6 Å². The number of para-hydroxylation sites is 2. The summed E-state index contributed by atoms with van der Waals surface area (Å²) in [5, 5.41) is 10.2. The van der Waals surface area contributed by atoms with Crippen molar-refractivity contribution in [2.75, 3.05) is 11.4 Å². The number of amides is 1. The van der Waals surface area contributed by atoms with E-state index in [1.807, 2.05) is 37.3 Å². The molecular weight excluding hydrogens is 262 g/mol. The molecule has 1 amide bonds. The van der Waals surface area contributed by atoms with Gasteiger partial charge < -0.3 is 10.0 Å². The van der Waals surface area contributed by atoms with Crippen LogP contribution in [0, 0.1) is 6.92 Å². The van der Waals surface area contributed by atoms with Gasteiger partial charge in [-0.3, -0.25) is 4.79 Å². The fraction of sp³-hybridized carbons (Fsp3) is 0.278. The highest BCUT2D eigenvalue weighted by atomic mass is 16.3. The molecule has 0 saturated carbocycles. The highest BCUT2D eigenvalue weighted by Crippen LogP contribution is 2.30. The fourth-order valence-electron chi connectivity index (χ4n) is 2.88. The molecule has 21 heavy (non-hydrogen) atoms. The number of rotatable bonds is 1. The van der Waals surface area contributed by atoms with E-state index in [1.54, 1.807) is 11.0 Å². The Morgan fingerprint density at radius 3 is 2.76 bits per heavy atom. The van der Waals surface area contributed by atoms with Gasteiger partial charge in [-0.1, -0.05) is 30.3 Å². The summed E-state index contributed by atoms with van der Waals surface area (Å²) in [4.78, 5) is 14.7. The summed E-state index contributed by atoms with van der Waals surface area (Å²) in [6, 6.07) is 13.4. The van der Waals surface area contributed by atoms with Crippen molar-refractivity contribution in [3.8, 4) is 5.75 Å². The van der Waals surface area contributed by atoms with E-state index in [-0.39, 0.29) is 11.7 Å². The van der Waals surface area contributed by atoms with Crippen LogP contribution in [0.15, 0.2) is 42.5 Å². The topological polar surface area (TPSA) is 40.5 Å². The van der Waals surface area contributed by atoms with Gasteiger partial charge in [0.15, 0.2) is 0 Å². The molecule has 108 valence electrons. The lowest BCUT2D eigenvalue weighted by Gasteiger charge is -2.23. The molecule has 0 atom stereocenters. The third kappa shape index (κ3) is 2.51. The molecule has 0 radical (unpaired) electrons. The van der Waals surface area contributed by atoms with Crippen molar-refractivity contribution < 1.29 is 9.90 Å². The molecule has 3 heteroatoms. The Hall–Kier alpha value is -2.29. The van der Waals surface area contributed by atoms with Crippen LogP contribution in [-0.4, -0.2) is 17.6 Å². The Kier molecular flexibility index (Phi) is 3.65. The monoisotopic (exact) mass is 281 g/mol. The summed E-state index contributed by atoms with van der Waals surface area (Å²) in [6.07, 6.45) is 3.06. The van der Waals surface area contributed by atoms with E-state index in [1.165, 1.54) is 5.56 Å². The summed E-state index contributed by atoms with van der Waals surface area (Å²) in [7, 11) is 0. The molecule has 1 aliphatic rings. The lowest BCUT2D eigenvalue weighted by atomic mass is 10.1. The van der Waals surface area contributed by atoms with Crippen molar-refractivity contribution in [3.05, 3.63) is 59.2 Å². The maximum atomic E-state index is 12.9. The molecule has 0 fully saturated rings. The molecule has 0 aromatic heterocycles. The Bertz CT molecular complexity index is 679. The predicted molar refractivity (Wildman–Crippen MR) is 83.9 cm³/mol. The zero-order valence-corrected chi connectivity index (χ0v) is 12.2. The zero-order valence-electron chi connectivity index (χ0n) is 12.2. The summed E-state index contributed by atoms with van der Waals surface area (Å²) < 4.78 is 0. The standard InChI is InChI=1S/C18H19NO2/c1-13-7-6-10-15(17(13)20)18(21)19-12-5-4-9-14-8-2-3-11-16(14)19/h2-3,6-8,10-11,20H,4-5,9,12H2,1H3. The molecule has 1 N–H and O–H groups in total. The van der Waals surface area contributed by atoms with E-state index < -0.39 is 0 Å². The summed E-state index contributed by atoms with van der Waals surface area (Å²) in [5.74, 6) is -0.0326. The molecule has 0 unspecified atom stereocenters. The molecule has 1 aliphatic heterocycles. The number of phenols is 1. The third-order valence-electron chi connectivity index (χ3n) is 4.07. The van der Waals surface area contributed by atoms with Gasteiger partial charge in [-0.05, 0) is 49.4 Å². The van der Waals surface area contributed by atoms with Crippen LogP contribution in [0.5, 0.6) is 5.75 Å². The number of phenolic OH excluding ortho intramolecular Hbond substituents is 1. The van der Waals surface area contributed by atoms with Crippen molar-refractivity contribution in [2.45, 2.75) is 26.2 Å². The van der Waals surface area contributed by atoms with Gasteiger partial charge in [-0.25, -0.2) is 0 Å². The number of benzene rings is 2. The van der Waals surface area contributed by atoms with Gasteiger partial charge in [0.05, 0.1) is 5.56 Å². The Labute approximate surface area is 124 Å². The van der Waals surface area contributed by atoms with Crippen LogP contribution < -0.4 is 4.90 Å². The van der Waals surface area contributed by atoms with Crippen molar-refractivity contribution in [1.82, 2.24) is 0 Å². The van der Waals surface area contributed by atoms with Crippen LogP contribution in [0.1, 0.15) is 34.3 Å². The minimum absolute atomic E-state index is 0.0872. The number of fused-ring (bicyclic) bond motifs is 1. The van der Waals surface area contributed by atoms with Crippen LogP contribution in [0.4, 0.5) is 5.69 Å². The number of hydrogen-bond acceptors (Lipinski definition) is 2. The average molecular weight is 281 g/mol. The third-order valence-corrected chi connectivity index (χ3v) is 4.07. The van der Waals surface area contributed by atoms with Crippen molar-refractivity contribution in [2.24, 2.45) is 0 Å². The average Bonchev–Trinajstić information content (AvgIpc) is 2.72. The number of carbonyl (C=O) groups is 1. The normalized spacial score (nSPS) is 14.4.